The maximum absolute atomic E-state index is 11.9. The number of carbonyl (C=O) groups excluding carboxylic acids is 1. The average molecular weight is 331 g/mol. The molecule has 0 aliphatic rings. The summed E-state index contributed by atoms with van der Waals surface area (Å²) in [5.74, 6) is 1.28. The van der Waals surface area contributed by atoms with E-state index < -0.39 is 0 Å². The van der Waals surface area contributed by atoms with E-state index in [0.717, 1.165) is 22.6 Å². The van der Waals surface area contributed by atoms with Crippen LogP contribution >= 0.6 is 0 Å². The van der Waals surface area contributed by atoms with Gasteiger partial charge in [0.2, 0.25) is 0 Å². The Morgan fingerprint density at radius 3 is 2.48 bits per heavy atom. The van der Waals surface area contributed by atoms with Crippen LogP contribution in [0.4, 0.5) is 0 Å². The topological polar surface area (TPSA) is 63.2 Å². The molecule has 0 radical (unpaired) electrons. The van der Waals surface area contributed by atoms with Crippen LogP contribution in [-0.4, -0.2) is 5.97 Å². The van der Waals surface area contributed by atoms with Gasteiger partial charge in [0.1, 0.15) is 18.1 Å². The first-order valence-corrected chi connectivity index (χ1v) is 8.03. The van der Waals surface area contributed by atoms with Crippen molar-refractivity contribution in [2.45, 2.75) is 19.4 Å². The number of benzene rings is 2. The summed E-state index contributed by atoms with van der Waals surface area (Å²) in [6, 6.07) is 22.7. The number of furan rings is 1. The van der Waals surface area contributed by atoms with Crippen molar-refractivity contribution < 1.29 is 13.9 Å². The molecule has 2 aromatic carbocycles. The van der Waals surface area contributed by atoms with E-state index in [0.29, 0.717) is 12.0 Å². The maximum Gasteiger partial charge on any atom is 0.306 e. The molecule has 1 heterocycles. The first kappa shape index (κ1) is 16.5. The molecule has 0 saturated carbocycles. The van der Waals surface area contributed by atoms with E-state index in [1.165, 1.54) is 0 Å². The molecule has 3 rings (SSSR count). The largest absolute Gasteiger partial charge is 0.461 e. The van der Waals surface area contributed by atoms with Gasteiger partial charge in [-0.1, -0.05) is 42.5 Å². The Morgan fingerprint density at radius 2 is 1.76 bits per heavy atom. The predicted octanol–water partition coefficient (Wildman–Crippen LogP) is 4.49. The minimum atomic E-state index is -0.276. The van der Waals surface area contributed by atoms with Crippen molar-refractivity contribution in [3.8, 4) is 17.4 Å². The molecule has 0 N–H and O–H groups in total. The van der Waals surface area contributed by atoms with Gasteiger partial charge in [-0.2, -0.15) is 5.26 Å². The summed E-state index contributed by atoms with van der Waals surface area (Å²) in [5, 5.41) is 8.76. The Bertz CT molecular complexity index is 874. The van der Waals surface area contributed by atoms with E-state index in [2.05, 4.69) is 6.07 Å². The van der Waals surface area contributed by atoms with Crippen molar-refractivity contribution in [2.24, 2.45) is 0 Å². The van der Waals surface area contributed by atoms with Gasteiger partial charge in [0.15, 0.2) is 0 Å². The van der Waals surface area contributed by atoms with Gasteiger partial charge in [-0.25, -0.2) is 0 Å². The smallest absolute Gasteiger partial charge is 0.306 e. The van der Waals surface area contributed by atoms with E-state index in [1.807, 2.05) is 42.5 Å². The Balaban J connectivity index is 1.47. The molecule has 0 saturated heterocycles. The predicted molar refractivity (Wildman–Crippen MR) is 93.4 cm³/mol. The second kappa shape index (κ2) is 7.98. The van der Waals surface area contributed by atoms with Gasteiger partial charge in [0, 0.05) is 12.0 Å². The quantitative estimate of drug-likeness (QED) is 0.624. The second-order valence-electron chi connectivity index (χ2n) is 5.60. The average Bonchev–Trinajstić information content (AvgIpc) is 3.15. The minimum Gasteiger partial charge on any atom is -0.461 e. The normalized spacial score (nSPS) is 10.2. The molecule has 4 nitrogen and oxygen atoms in total. The molecule has 3 aromatic rings. The summed E-state index contributed by atoms with van der Waals surface area (Å²) < 4.78 is 11.0. The van der Waals surface area contributed by atoms with E-state index in [4.69, 9.17) is 14.4 Å². The lowest BCUT2D eigenvalue weighted by atomic mass is 10.1. The molecule has 0 aliphatic carbocycles. The van der Waals surface area contributed by atoms with Crippen LogP contribution in [0, 0.1) is 11.3 Å². The lowest BCUT2D eigenvalue weighted by Crippen LogP contribution is -2.05. The summed E-state index contributed by atoms with van der Waals surface area (Å²) in [5.41, 5.74) is 2.45. The molecule has 0 amide bonds. The highest BCUT2D eigenvalue weighted by Crippen LogP contribution is 2.22. The lowest BCUT2D eigenvalue weighted by Gasteiger charge is -2.04. The monoisotopic (exact) mass is 331 g/mol. The van der Waals surface area contributed by atoms with Gasteiger partial charge in [0.25, 0.3) is 0 Å². The Hall–Kier alpha value is -3.32. The highest BCUT2D eigenvalue weighted by atomic mass is 16.5. The Kier molecular flexibility index (Phi) is 5.28. The number of esters is 1. The number of ether oxygens (including phenoxy) is 1. The third-order valence-corrected chi connectivity index (χ3v) is 3.78. The first-order chi connectivity index (χ1) is 12.2. The van der Waals surface area contributed by atoms with Crippen LogP contribution in [0.25, 0.3) is 11.3 Å². The zero-order valence-electron chi connectivity index (χ0n) is 13.6. The standard InChI is InChI=1S/C21H17NO3/c22-14-16-6-8-17(9-7-16)15-24-21(23)13-11-19-10-12-20(25-19)18-4-2-1-3-5-18/h1-10,12H,11,13,15H2. The molecule has 0 spiro atoms. The SMILES string of the molecule is N#Cc1ccc(COC(=O)CCc2ccc(-c3ccccc3)o2)cc1. The fourth-order valence-electron chi connectivity index (χ4n) is 2.41. The fraction of sp³-hybridized carbons (Fsp3) is 0.143. The third-order valence-electron chi connectivity index (χ3n) is 3.78. The minimum absolute atomic E-state index is 0.206. The summed E-state index contributed by atoms with van der Waals surface area (Å²) in [6.45, 7) is 0.206. The van der Waals surface area contributed by atoms with Crippen LogP contribution in [0.2, 0.25) is 0 Å². The van der Waals surface area contributed by atoms with Crippen LogP contribution in [0.3, 0.4) is 0 Å². The fourth-order valence-corrected chi connectivity index (χ4v) is 2.41. The van der Waals surface area contributed by atoms with E-state index >= 15 is 0 Å². The van der Waals surface area contributed by atoms with Crippen molar-refractivity contribution >= 4 is 5.97 Å². The van der Waals surface area contributed by atoms with Crippen LogP contribution in [-0.2, 0) is 22.6 Å². The number of aryl methyl sites for hydroxylation is 1. The van der Waals surface area contributed by atoms with Crippen molar-refractivity contribution in [2.75, 3.05) is 0 Å². The van der Waals surface area contributed by atoms with Gasteiger partial charge in [-0.15, -0.1) is 0 Å². The lowest BCUT2D eigenvalue weighted by molar-refractivity contribution is -0.145. The zero-order valence-corrected chi connectivity index (χ0v) is 13.6. The van der Waals surface area contributed by atoms with Crippen LogP contribution < -0.4 is 0 Å². The molecule has 25 heavy (non-hydrogen) atoms. The number of rotatable bonds is 6. The first-order valence-electron chi connectivity index (χ1n) is 8.03. The number of nitriles is 1. The number of hydrogen-bond acceptors (Lipinski definition) is 4. The highest BCUT2D eigenvalue weighted by Gasteiger charge is 2.08. The highest BCUT2D eigenvalue weighted by molar-refractivity contribution is 5.69. The van der Waals surface area contributed by atoms with Crippen molar-refractivity contribution in [1.29, 1.82) is 5.26 Å². The molecular formula is C21H17NO3. The third kappa shape index (κ3) is 4.58. The Labute approximate surface area is 146 Å². The molecule has 0 atom stereocenters. The van der Waals surface area contributed by atoms with Crippen LogP contribution in [0.15, 0.2) is 71.1 Å². The van der Waals surface area contributed by atoms with E-state index in [1.54, 1.807) is 24.3 Å². The molecule has 0 aliphatic heterocycles. The summed E-state index contributed by atoms with van der Waals surface area (Å²) >= 11 is 0. The van der Waals surface area contributed by atoms with Gasteiger partial charge < -0.3 is 9.15 Å². The number of hydrogen-bond donors (Lipinski definition) is 0. The van der Waals surface area contributed by atoms with Gasteiger partial charge in [-0.05, 0) is 29.8 Å². The molecule has 0 fully saturated rings. The Morgan fingerprint density at radius 1 is 1.00 bits per heavy atom. The summed E-state index contributed by atoms with van der Waals surface area (Å²) in [4.78, 5) is 11.9. The maximum atomic E-state index is 11.9. The summed E-state index contributed by atoms with van der Waals surface area (Å²) in [6.07, 6.45) is 0.761. The number of nitrogens with zero attached hydrogens (tertiary/aromatic N) is 1. The molecule has 0 unspecified atom stereocenters. The van der Waals surface area contributed by atoms with Gasteiger partial charge in [-0.3, -0.25) is 4.79 Å². The molecule has 124 valence electrons. The van der Waals surface area contributed by atoms with Gasteiger partial charge >= 0.3 is 5.97 Å². The molecule has 1 aromatic heterocycles. The van der Waals surface area contributed by atoms with E-state index in [-0.39, 0.29) is 19.0 Å². The second-order valence-corrected chi connectivity index (χ2v) is 5.60. The van der Waals surface area contributed by atoms with Crippen molar-refractivity contribution in [1.82, 2.24) is 0 Å². The zero-order chi connectivity index (χ0) is 17.5. The van der Waals surface area contributed by atoms with E-state index in [9.17, 15) is 4.79 Å². The van der Waals surface area contributed by atoms with Gasteiger partial charge in [0.05, 0.1) is 18.1 Å². The molecule has 4 heteroatoms. The van der Waals surface area contributed by atoms with Crippen molar-refractivity contribution in [3.05, 3.63) is 83.6 Å². The molecular weight excluding hydrogens is 314 g/mol. The van der Waals surface area contributed by atoms with Crippen molar-refractivity contribution in [3.63, 3.8) is 0 Å². The summed E-state index contributed by atoms with van der Waals surface area (Å²) in [7, 11) is 0. The number of carbonyl (C=O) groups is 1. The molecule has 0 bridgehead atoms. The van der Waals surface area contributed by atoms with Crippen LogP contribution in [0.5, 0.6) is 0 Å². The van der Waals surface area contributed by atoms with Crippen LogP contribution in [0.1, 0.15) is 23.3 Å².